The van der Waals surface area contributed by atoms with Crippen LogP contribution in [0.3, 0.4) is 0 Å². The predicted octanol–water partition coefficient (Wildman–Crippen LogP) is 3.20. The van der Waals surface area contributed by atoms with Crippen molar-refractivity contribution in [2.24, 2.45) is 0 Å². The fraction of sp³-hybridized carbons (Fsp3) is 0.182. The van der Waals surface area contributed by atoms with Gasteiger partial charge in [-0.15, -0.1) is 11.6 Å². The lowest BCUT2D eigenvalue weighted by Crippen LogP contribution is -1.79. The lowest BCUT2D eigenvalue weighted by Gasteiger charge is -1.95. The maximum absolute atomic E-state index is 8.77. The Balaban J connectivity index is 2.82. The Morgan fingerprint density at radius 2 is 2.15 bits per heavy atom. The summed E-state index contributed by atoms with van der Waals surface area (Å²) < 4.78 is 0. The number of nitriles is 1. The van der Waals surface area contributed by atoms with Crippen molar-refractivity contribution in [3.63, 3.8) is 0 Å². The average molecular weight is 192 g/mol. The van der Waals surface area contributed by atoms with Gasteiger partial charge < -0.3 is 0 Å². The van der Waals surface area contributed by atoms with E-state index >= 15 is 0 Å². The van der Waals surface area contributed by atoms with Crippen LogP contribution in [0.4, 0.5) is 0 Å². The van der Waals surface area contributed by atoms with Crippen LogP contribution in [0.15, 0.2) is 30.3 Å². The van der Waals surface area contributed by atoms with E-state index in [2.05, 4.69) is 6.07 Å². The fourth-order valence-electron chi connectivity index (χ4n) is 1.02. The van der Waals surface area contributed by atoms with Crippen molar-refractivity contribution in [1.29, 1.82) is 5.26 Å². The predicted molar refractivity (Wildman–Crippen MR) is 55.5 cm³/mol. The monoisotopic (exact) mass is 191 g/mol. The normalized spacial score (nSPS) is 10.2. The molecule has 1 aromatic rings. The molecule has 0 N–H and O–H groups in total. The number of nitrogens with zero attached hydrogens (tertiary/aromatic N) is 1. The minimum atomic E-state index is 0.616. The van der Waals surface area contributed by atoms with E-state index in [1.807, 2.05) is 30.4 Å². The molecule has 0 aromatic heterocycles. The highest BCUT2D eigenvalue weighted by Crippen LogP contribution is 2.09. The highest BCUT2D eigenvalue weighted by molar-refractivity contribution is 6.17. The molecule has 0 saturated carbocycles. The number of benzene rings is 1. The van der Waals surface area contributed by atoms with Crippen molar-refractivity contribution in [2.45, 2.75) is 6.42 Å². The molecule has 1 rings (SSSR count). The van der Waals surface area contributed by atoms with Crippen molar-refractivity contribution >= 4 is 17.7 Å². The van der Waals surface area contributed by atoms with Crippen LogP contribution < -0.4 is 0 Å². The first-order valence-corrected chi connectivity index (χ1v) is 4.63. The van der Waals surface area contributed by atoms with Gasteiger partial charge in [0.15, 0.2) is 0 Å². The van der Waals surface area contributed by atoms with E-state index in [0.29, 0.717) is 11.4 Å². The van der Waals surface area contributed by atoms with Gasteiger partial charge in [-0.25, -0.2) is 0 Å². The van der Waals surface area contributed by atoms with E-state index < -0.39 is 0 Å². The molecule has 0 fully saturated rings. The Morgan fingerprint density at radius 3 is 2.85 bits per heavy atom. The highest BCUT2D eigenvalue weighted by atomic mass is 35.5. The van der Waals surface area contributed by atoms with Gasteiger partial charge in [0.25, 0.3) is 0 Å². The largest absolute Gasteiger partial charge is 0.192 e. The lowest BCUT2D eigenvalue weighted by molar-refractivity contribution is 1.24. The van der Waals surface area contributed by atoms with Crippen LogP contribution in [0.1, 0.15) is 17.5 Å². The molecule has 0 spiro atoms. The van der Waals surface area contributed by atoms with Gasteiger partial charge in [-0.3, -0.25) is 0 Å². The number of hydrogen-bond donors (Lipinski definition) is 0. The van der Waals surface area contributed by atoms with Crippen molar-refractivity contribution < 1.29 is 0 Å². The third-order valence-corrected chi connectivity index (χ3v) is 1.87. The van der Waals surface area contributed by atoms with Crippen molar-refractivity contribution in [1.82, 2.24) is 0 Å². The smallest absolute Gasteiger partial charge is 0.0997 e. The van der Waals surface area contributed by atoms with E-state index in [0.717, 1.165) is 12.0 Å². The van der Waals surface area contributed by atoms with E-state index in [-0.39, 0.29) is 0 Å². The van der Waals surface area contributed by atoms with Gasteiger partial charge in [0, 0.05) is 5.88 Å². The zero-order chi connectivity index (χ0) is 9.52. The third-order valence-electron chi connectivity index (χ3n) is 1.65. The summed E-state index contributed by atoms with van der Waals surface area (Å²) in [7, 11) is 0. The van der Waals surface area contributed by atoms with E-state index in [9.17, 15) is 0 Å². The summed E-state index contributed by atoms with van der Waals surface area (Å²) in [4.78, 5) is 0. The molecule has 13 heavy (non-hydrogen) atoms. The molecule has 0 atom stereocenters. The summed E-state index contributed by atoms with van der Waals surface area (Å²) >= 11 is 5.53. The van der Waals surface area contributed by atoms with Gasteiger partial charge in [-0.05, 0) is 18.1 Å². The summed E-state index contributed by atoms with van der Waals surface area (Å²) in [6.45, 7) is 0. The second-order valence-electron chi connectivity index (χ2n) is 2.58. The molecule has 66 valence electrons. The molecule has 0 amide bonds. The minimum Gasteiger partial charge on any atom is -0.192 e. The van der Waals surface area contributed by atoms with Gasteiger partial charge in [0.2, 0.25) is 0 Å². The van der Waals surface area contributed by atoms with Gasteiger partial charge >= 0.3 is 0 Å². The van der Waals surface area contributed by atoms with E-state index in [4.69, 9.17) is 16.9 Å². The van der Waals surface area contributed by atoms with Crippen LogP contribution in [0, 0.1) is 11.3 Å². The van der Waals surface area contributed by atoms with Crippen LogP contribution in [0.5, 0.6) is 0 Å². The topological polar surface area (TPSA) is 23.8 Å². The van der Waals surface area contributed by atoms with E-state index in [1.165, 1.54) is 0 Å². The van der Waals surface area contributed by atoms with Gasteiger partial charge in [-0.1, -0.05) is 30.4 Å². The molecule has 1 nitrogen and oxygen atoms in total. The number of halogens is 1. The first-order valence-electron chi connectivity index (χ1n) is 4.10. The molecular formula is C11H10ClN. The van der Waals surface area contributed by atoms with Crippen LogP contribution in [0.25, 0.3) is 6.08 Å². The van der Waals surface area contributed by atoms with Crippen LogP contribution >= 0.6 is 11.6 Å². The van der Waals surface area contributed by atoms with E-state index in [1.54, 1.807) is 6.07 Å². The Labute approximate surface area is 83.3 Å². The zero-order valence-corrected chi connectivity index (χ0v) is 7.96. The van der Waals surface area contributed by atoms with Crippen molar-refractivity contribution in [3.05, 3.63) is 41.5 Å². The maximum atomic E-state index is 8.77. The molecule has 0 bridgehead atoms. The van der Waals surface area contributed by atoms with Gasteiger partial charge in [-0.2, -0.15) is 5.26 Å². The molecule has 0 radical (unpaired) electrons. The molecule has 2 heteroatoms. The maximum Gasteiger partial charge on any atom is 0.0997 e. The van der Waals surface area contributed by atoms with Crippen molar-refractivity contribution in [2.75, 3.05) is 5.88 Å². The molecule has 0 unspecified atom stereocenters. The molecular weight excluding hydrogens is 182 g/mol. The Kier molecular flexibility index (Phi) is 4.08. The standard InChI is InChI=1S/C11H10ClN/c12-8-4-3-6-10-5-1-2-7-11(10)9-13/h1-3,5-7H,4,8H2. The van der Waals surface area contributed by atoms with Crippen LogP contribution in [0.2, 0.25) is 0 Å². The third kappa shape index (κ3) is 2.93. The molecule has 0 aliphatic carbocycles. The van der Waals surface area contributed by atoms with Crippen LogP contribution in [-0.2, 0) is 0 Å². The minimum absolute atomic E-state index is 0.616. The number of rotatable bonds is 3. The van der Waals surface area contributed by atoms with Crippen LogP contribution in [-0.4, -0.2) is 5.88 Å². The van der Waals surface area contributed by atoms with Crippen molar-refractivity contribution in [3.8, 4) is 6.07 Å². The summed E-state index contributed by atoms with van der Waals surface area (Å²) in [5, 5.41) is 8.77. The summed E-state index contributed by atoms with van der Waals surface area (Å²) in [5.74, 6) is 0.616. The second kappa shape index (κ2) is 5.40. The lowest BCUT2D eigenvalue weighted by atomic mass is 10.1. The number of alkyl halides is 1. The number of hydrogen-bond acceptors (Lipinski definition) is 1. The second-order valence-corrected chi connectivity index (χ2v) is 2.96. The zero-order valence-electron chi connectivity index (χ0n) is 7.20. The molecule has 0 aliphatic rings. The SMILES string of the molecule is N#Cc1ccccc1C=CCCCl. The fourth-order valence-corrected chi connectivity index (χ4v) is 1.14. The molecule has 0 saturated heterocycles. The molecule has 0 heterocycles. The highest BCUT2D eigenvalue weighted by Gasteiger charge is 1.94. The van der Waals surface area contributed by atoms with Gasteiger partial charge in [0.05, 0.1) is 11.6 Å². The Bertz CT molecular complexity index is 336. The summed E-state index contributed by atoms with van der Waals surface area (Å²) in [6.07, 6.45) is 4.74. The Morgan fingerprint density at radius 1 is 1.38 bits per heavy atom. The summed E-state index contributed by atoms with van der Waals surface area (Å²) in [5.41, 5.74) is 1.66. The molecule has 1 aromatic carbocycles. The Hall–Kier alpha value is -1.26. The molecule has 0 aliphatic heterocycles. The average Bonchev–Trinajstić information content (AvgIpc) is 2.19. The summed E-state index contributed by atoms with van der Waals surface area (Å²) in [6, 6.07) is 9.64. The van der Waals surface area contributed by atoms with Gasteiger partial charge in [0.1, 0.15) is 0 Å². The number of allylic oxidation sites excluding steroid dienone is 1. The first kappa shape index (κ1) is 9.83. The quantitative estimate of drug-likeness (QED) is 0.674. The first-order chi connectivity index (χ1) is 6.38.